The number of rotatable bonds is 1. The third-order valence-corrected chi connectivity index (χ3v) is 2.22. The van der Waals surface area contributed by atoms with Crippen molar-refractivity contribution in [1.82, 2.24) is 10.9 Å². The van der Waals surface area contributed by atoms with Crippen molar-refractivity contribution in [3.8, 4) is 0 Å². The topological polar surface area (TPSA) is 50.4 Å². The first-order valence-corrected chi connectivity index (χ1v) is 4.58. The molecule has 5 heteroatoms. The molecule has 0 aliphatic carbocycles. The summed E-state index contributed by atoms with van der Waals surface area (Å²) in [6.45, 7) is 0.549. The van der Waals surface area contributed by atoms with E-state index in [0.29, 0.717) is 11.6 Å². The minimum Gasteiger partial charge on any atom is -0.439 e. The highest BCUT2D eigenvalue weighted by Gasteiger charge is 2.20. The van der Waals surface area contributed by atoms with Gasteiger partial charge in [0.1, 0.15) is 6.10 Å². The molecular weight excluding hydrogens is 204 g/mol. The zero-order chi connectivity index (χ0) is 9.97. The number of cyclic esters (lactones) is 1. The lowest BCUT2D eigenvalue weighted by atomic mass is 10.1. The fourth-order valence-electron chi connectivity index (χ4n) is 1.28. The number of ether oxygens (including phenoxy) is 1. The zero-order valence-corrected chi connectivity index (χ0v) is 8.04. The van der Waals surface area contributed by atoms with E-state index in [0.717, 1.165) is 5.56 Å². The third-order valence-electron chi connectivity index (χ3n) is 1.97. The number of carbonyl (C=O) groups excluding carboxylic acids is 1. The molecule has 0 radical (unpaired) electrons. The molecule has 1 saturated heterocycles. The van der Waals surface area contributed by atoms with Crippen LogP contribution in [0, 0.1) is 0 Å². The number of nitrogens with one attached hydrogen (secondary N) is 2. The number of halogens is 1. The van der Waals surface area contributed by atoms with Crippen molar-refractivity contribution in [2.75, 3.05) is 6.54 Å². The first kappa shape index (κ1) is 9.30. The fraction of sp³-hybridized carbons (Fsp3) is 0.222. The van der Waals surface area contributed by atoms with Gasteiger partial charge in [0.25, 0.3) is 0 Å². The van der Waals surface area contributed by atoms with Crippen LogP contribution in [-0.2, 0) is 4.74 Å². The van der Waals surface area contributed by atoms with E-state index in [2.05, 4.69) is 10.9 Å². The van der Waals surface area contributed by atoms with Crippen molar-refractivity contribution in [2.45, 2.75) is 6.10 Å². The van der Waals surface area contributed by atoms with Gasteiger partial charge >= 0.3 is 6.09 Å². The lowest BCUT2D eigenvalue weighted by molar-refractivity contribution is 0.0679. The molecule has 0 bridgehead atoms. The number of benzene rings is 1. The maximum Gasteiger partial charge on any atom is 0.422 e. The Morgan fingerprint density at radius 1 is 1.36 bits per heavy atom. The van der Waals surface area contributed by atoms with Crippen molar-refractivity contribution in [2.24, 2.45) is 0 Å². The van der Waals surface area contributed by atoms with Gasteiger partial charge in [0.15, 0.2) is 0 Å². The highest BCUT2D eigenvalue weighted by Crippen LogP contribution is 2.20. The quantitative estimate of drug-likeness (QED) is 0.744. The summed E-state index contributed by atoms with van der Waals surface area (Å²) < 4.78 is 5.06. The Balaban J connectivity index is 2.14. The average molecular weight is 213 g/mol. The molecule has 1 aromatic rings. The Labute approximate surface area is 86.2 Å². The molecule has 1 amide bonds. The maximum atomic E-state index is 10.9. The van der Waals surface area contributed by atoms with Gasteiger partial charge in [-0.05, 0) is 17.7 Å². The van der Waals surface area contributed by atoms with Gasteiger partial charge in [0, 0.05) is 5.02 Å². The lowest BCUT2D eigenvalue weighted by Crippen LogP contribution is -2.46. The van der Waals surface area contributed by atoms with Gasteiger partial charge < -0.3 is 4.74 Å². The Bertz CT molecular complexity index is 339. The smallest absolute Gasteiger partial charge is 0.422 e. The van der Waals surface area contributed by atoms with Crippen LogP contribution in [0.15, 0.2) is 24.3 Å². The summed E-state index contributed by atoms with van der Waals surface area (Å²) in [4.78, 5) is 10.9. The highest BCUT2D eigenvalue weighted by molar-refractivity contribution is 6.30. The molecule has 0 saturated carbocycles. The van der Waals surface area contributed by atoms with Gasteiger partial charge in [-0.1, -0.05) is 23.7 Å². The van der Waals surface area contributed by atoms with Crippen LogP contribution in [0.25, 0.3) is 0 Å². The van der Waals surface area contributed by atoms with E-state index < -0.39 is 6.09 Å². The highest BCUT2D eigenvalue weighted by atomic mass is 35.5. The Hall–Kier alpha value is -1.26. The van der Waals surface area contributed by atoms with Crippen molar-refractivity contribution in [3.63, 3.8) is 0 Å². The molecule has 74 valence electrons. The summed E-state index contributed by atoms with van der Waals surface area (Å²) in [5.74, 6) is 0. The van der Waals surface area contributed by atoms with Gasteiger partial charge in [-0.15, -0.1) is 0 Å². The number of amides is 1. The standard InChI is InChI=1S/C9H9ClN2O2/c10-7-3-1-6(2-4-7)8-5-11-12-9(13)14-8/h1-4,8,11H,5H2,(H,12,13). The van der Waals surface area contributed by atoms with Gasteiger partial charge in [0.05, 0.1) is 6.54 Å². The molecule has 0 aromatic heterocycles. The van der Waals surface area contributed by atoms with E-state index in [4.69, 9.17) is 16.3 Å². The zero-order valence-electron chi connectivity index (χ0n) is 7.29. The maximum absolute atomic E-state index is 10.9. The Morgan fingerprint density at radius 2 is 2.07 bits per heavy atom. The Morgan fingerprint density at radius 3 is 2.71 bits per heavy atom. The number of hydrogen-bond donors (Lipinski definition) is 2. The predicted octanol–water partition coefficient (Wildman–Crippen LogP) is 1.63. The fourth-order valence-corrected chi connectivity index (χ4v) is 1.41. The monoisotopic (exact) mass is 212 g/mol. The van der Waals surface area contributed by atoms with Crippen LogP contribution in [-0.4, -0.2) is 12.6 Å². The number of carbonyl (C=O) groups is 1. The van der Waals surface area contributed by atoms with E-state index in [9.17, 15) is 4.79 Å². The molecule has 2 rings (SSSR count). The molecule has 1 aliphatic rings. The second kappa shape index (κ2) is 3.86. The minimum atomic E-state index is -0.462. The molecule has 1 aromatic carbocycles. The predicted molar refractivity (Wildman–Crippen MR) is 51.8 cm³/mol. The van der Waals surface area contributed by atoms with E-state index >= 15 is 0 Å². The summed E-state index contributed by atoms with van der Waals surface area (Å²) in [6.07, 6.45) is -0.711. The van der Waals surface area contributed by atoms with Crippen LogP contribution in [0.3, 0.4) is 0 Å². The first-order valence-electron chi connectivity index (χ1n) is 4.20. The summed E-state index contributed by atoms with van der Waals surface area (Å²) in [7, 11) is 0. The normalized spacial score (nSPS) is 21.2. The lowest BCUT2D eigenvalue weighted by Gasteiger charge is -2.24. The van der Waals surface area contributed by atoms with Crippen molar-refractivity contribution in [1.29, 1.82) is 0 Å². The molecule has 1 fully saturated rings. The Kier molecular flexibility index (Phi) is 2.56. The molecule has 0 spiro atoms. The molecular formula is C9H9ClN2O2. The summed E-state index contributed by atoms with van der Waals surface area (Å²) >= 11 is 5.74. The molecule has 14 heavy (non-hydrogen) atoms. The van der Waals surface area contributed by atoms with Crippen LogP contribution in [0.4, 0.5) is 4.79 Å². The van der Waals surface area contributed by atoms with Gasteiger partial charge in [-0.2, -0.15) is 0 Å². The van der Waals surface area contributed by atoms with Crippen LogP contribution in [0.5, 0.6) is 0 Å². The third kappa shape index (κ3) is 1.97. The van der Waals surface area contributed by atoms with Gasteiger partial charge in [0.2, 0.25) is 0 Å². The SMILES string of the molecule is O=C1NNCC(c2ccc(Cl)cc2)O1. The van der Waals surface area contributed by atoms with Gasteiger partial charge in [-0.3, -0.25) is 5.43 Å². The molecule has 1 unspecified atom stereocenters. The van der Waals surface area contributed by atoms with Gasteiger partial charge in [-0.25, -0.2) is 10.2 Å². The van der Waals surface area contributed by atoms with Crippen LogP contribution >= 0.6 is 11.6 Å². The largest absolute Gasteiger partial charge is 0.439 e. The van der Waals surface area contributed by atoms with Crippen molar-refractivity contribution in [3.05, 3.63) is 34.9 Å². The second-order valence-corrected chi connectivity index (χ2v) is 3.39. The van der Waals surface area contributed by atoms with E-state index in [-0.39, 0.29) is 6.10 Å². The number of hydrazine groups is 1. The molecule has 2 N–H and O–H groups in total. The van der Waals surface area contributed by atoms with Crippen LogP contribution < -0.4 is 10.9 Å². The summed E-state index contributed by atoms with van der Waals surface area (Å²) in [6, 6.07) is 7.22. The summed E-state index contributed by atoms with van der Waals surface area (Å²) in [5, 5.41) is 0.668. The molecule has 1 atom stereocenters. The average Bonchev–Trinajstić information content (AvgIpc) is 2.19. The first-order chi connectivity index (χ1) is 6.75. The molecule has 1 aliphatic heterocycles. The molecule has 4 nitrogen and oxygen atoms in total. The van der Waals surface area contributed by atoms with E-state index in [1.807, 2.05) is 12.1 Å². The van der Waals surface area contributed by atoms with Crippen molar-refractivity contribution < 1.29 is 9.53 Å². The van der Waals surface area contributed by atoms with Crippen LogP contribution in [0.1, 0.15) is 11.7 Å². The summed E-state index contributed by atoms with van der Waals surface area (Å²) in [5.41, 5.74) is 6.02. The second-order valence-electron chi connectivity index (χ2n) is 2.95. The van der Waals surface area contributed by atoms with E-state index in [1.165, 1.54) is 0 Å². The minimum absolute atomic E-state index is 0.249. The molecule has 1 heterocycles. The van der Waals surface area contributed by atoms with Crippen molar-refractivity contribution >= 4 is 17.7 Å². The number of hydrogen-bond acceptors (Lipinski definition) is 3. The van der Waals surface area contributed by atoms with Crippen LogP contribution in [0.2, 0.25) is 5.02 Å². The van der Waals surface area contributed by atoms with E-state index in [1.54, 1.807) is 12.1 Å².